The number of aromatic nitrogens is 2. The van der Waals surface area contributed by atoms with E-state index in [-0.39, 0.29) is 16.6 Å². The molecule has 0 aliphatic carbocycles. The SMILES string of the molecule is C[C@H]1CNCCN1c1nc2cc(Cl)c(F)c(-c3ccccn3)c2o1. The van der Waals surface area contributed by atoms with Crippen molar-refractivity contribution in [2.45, 2.75) is 13.0 Å². The average molecular weight is 347 g/mol. The maximum atomic E-state index is 14.7. The second-order valence-corrected chi connectivity index (χ2v) is 6.26. The maximum absolute atomic E-state index is 14.7. The number of nitrogens with one attached hydrogen (secondary N) is 1. The smallest absolute Gasteiger partial charge is 0.298 e. The Labute approximate surface area is 143 Å². The summed E-state index contributed by atoms with van der Waals surface area (Å²) in [6.45, 7) is 4.57. The third-order valence-corrected chi connectivity index (χ3v) is 4.50. The van der Waals surface area contributed by atoms with E-state index < -0.39 is 5.82 Å². The van der Waals surface area contributed by atoms with E-state index in [1.807, 2.05) is 0 Å². The maximum Gasteiger partial charge on any atom is 0.298 e. The average Bonchev–Trinajstić information content (AvgIpc) is 3.00. The van der Waals surface area contributed by atoms with Gasteiger partial charge in [0.15, 0.2) is 11.4 Å². The Bertz CT molecular complexity index is 883. The molecule has 1 aromatic carbocycles. The van der Waals surface area contributed by atoms with Crippen LogP contribution < -0.4 is 10.2 Å². The number of oxazole rings is 1. The number of rotatable bonds is 2. The fraction of sp³-hybridized carbons (Fsp3) is 0.294. The molecule has 0 unspecified atom stereocenters. The predicted octanol–water partition coefficient (Wildman–Crippen LogP) is 3.48. The first-order chi connectivity index (χ1) is 11.6. The number of pyridine rings is 1. The van der Waals surface area contributed by atoms with E-state index in [1.54, 1.807) is 24.4 Å². The molecule has 1 aliphatic rings. The number of piperazine rings is 1. The van der Waals surface area contributed by atoms with Gasteiger partial charge >= 0.3 is 0 Å². The molecule has 1 saturated heterocycles. The highest BCUT2D eigenvalue weighted by molar-refractivity contribution is 6.32. The van der Waals surface area contributed by atoms with Crippen LogP contribution >= 0.6 is 11.6 Å². The van der Waals surface area contributed by atoms with Crippen molar-refractivity contribution in [3.8, 4) is 11.3 Å². The lowest BCUT2D eigenvalue weighted by Gasteiger charge is -2.32. The Morgan fingerprint density at radius 2 is 2.29 bits per heavy atom. The van der Waals surface area contributed by atoms with Crippen LogP contribution in [-0.4, -0.2) is 35.6 Å². The Balaban J connectivity index is 1.90. The first kappa shape index (κ1) is 15.4. The summed E-state index contributed by atoms with van der Waals surface area (Å²) in [6, 6.07) is 7.52. The highest BCUT2D eigenvalue weighted by Crippen LogP contribution is 2.37. The molecule has 2 aromatic heterocycles. The summed E-state index contributed by atoms with van der Waals surface area (Å²) in [6.07, 6.45) is 1.61. The summed E-state index contributed by atoms with van der Waals surface area (Å²) >= 11 is 6.06. The summed E-state index contributed by atoms with van der Waals surface area (Å²) in [5.41, 5.74) is 1.62. The van der Waals surface area contributed by atoms with Crippen LogP contribution in [0.5, 0.6) is 0 Å². The lowest BCUT2D eigenvalue weighted by Crippen LogP contribution is -2.50. The van der Waals surface area contributed by atoms with Gasteiger partial charge in [0.2, 0.25) is 0 Å². The lowest BCUT2D eigenvalue weighted by molar-refractivity contribution is 0.456. The Hall–Kier alpha value is -2.18. The Kier molecular flexibility index (Phi) is 3.86. The van der Waals surface area contributed by atoms with Gasteiger partial charge in [0.1, 0.15) is 5.52 Å². The zero-order valence-electron chi connectivity index (χ0n) is 13.1. The fourth-order valence-corrected chi connectivity index (χ4v) is 3.18. The topological polar surface area (TPSA) is 54.2 Å². The standard InChI is InChI=1S/C17H16ClFN4O/c1-10-9-20-6-7-23(10)17-22-13-8-11(18)15(19)14(16(13)24-17)12-4-2-3-5-21-12/h2-5,8,10,20H,6-7,9H2,1H3/t10-/m0/s1. The number of hydrogen-bond acceptors (Lipinski definition) is 5. The molecule has 0 saturated carbocycles. The van der Waals surface area contributed by atoms with Crippen molar-refractivity contribution < 1.29 is 8.81 Å². The van der Waals surface area contributed by atoms with Gasteiger partial charge in [0, 0.05) is 31.9 Å². The number of halogens is 2. The van der Waals surface area contributed by atoms with Gasteiger partial charge in [-0.05, 0) is 25.1 Å². The van der Waals surface area contributed by atoms with Gasteiger partial charge in [-0.1, -0.05) is 17.7 Å². The van der Waals surface area contributed by atoms with Crippen LogP contribution in [0.15, 0.2) is 34.9 Å². The van der Waals surface area contributed by atoms with E-state index in [1.165, 1.54) is 6.07 Å². The highest BCUT2D eigenvalue weighted by atomic mass is 35.5. The molecule has 0 radical (unpaired) electrons. The lowest BCUT2D eigenvalue weighted by atomic mass is 10.1. The van der Waals surface area contributed by atoms with Crippen LogP contribution in [0.25, 0.3) is 22.4 Å². The van der Waals surface area contributed by atoms with Crippen molar-refractivity contribution in [2.24, 2.45) is 0 Å². The van der Waals surface area contributed by atoms with Gasteiger partial charge in [-0.15, -0.1) is 0 Å². The molecule has 124 valence electrons. The van der Waals surface area contributed by atoms with Crippen LogP contribution in [0.4, 0.5) is 10.4 Å². The van der Waals surface area contributed by atoms with Gasteiger partial charge in [-0.25, -0.2) is 4.39 Å². The normalized spacial score (nSPS) is 18.3. The van der Waals surface area contributed by atoms with Crippen molar-refractivity contribution in [1.29, 1.82) is 0 Å². The van der Waals surface area contributed by atoms with Crippen molar-refractivity contribution in [1.82, 2.24) is 15.3 Å². The van der Waals surface area contributed by atoms with Gasteiger partial charge in [-0.2, -0.15) is 4.98 Å². The first-order valence-electron chi connectivity index (χ1n) is 7.82. The van der Waals surface area contributed by atoms with E-state index in [2.05, 4.69) is 27.1 Å². The zero-order valence-corrected chi connectivity index (χ0v) is 13.8. The van der Waals surface area contributed by atoms with E-state index in [0.29, 0.717) is 22.8 Å². The first-order valence-corrected chi connectivity index (χ1v) is 8.20. The van der Waals surface area contributed by atoms with E-state index in [0.717, 1.165) is 19.6 Å². The molecule has 3 aromatic rings. The molecule has 7 heteroatoms. The molecular weight excluding hydrogens is 331 g/mol. The molecular formula is C17H16ClFN4O. The molecule has 4 rings (SSSR count). The largest absolute Gasteiger partial charge is 0.423 e. The molecule has 3 heterocycles. The van der Waals surface area contributed by atoms with Crippen molar-refractivity contribution in [2.75, 3.05) is 24.5 Å². The number of fused-ring (bicyclic) bond motifs is 1. The van der Waals surface area contributed by atoms with Gasteiger partial charge in [0.25, 0.3) is 6.01 Å². The zero-order chi connectivity index (χ0) is 16.7. The van der Waals surface area contributed by atoms with Crippen molar-refractivity contribution in [3.63, 3.8) is 0 Å². The molecule has 1 fully saturated rings. The third-order valence-electron chi connectivity index (χ3n) is 4.23. The highest BCUT2D eigenvalue weighted by Gasteiger charge is 2.26. The van der Waals surface area contributed by atoms with Gasteiger partial charge in [0.05, 0.1) is 16.3 Å². The quantitative estimate of drug-likeness (QED) is 0.770. The van der Waals surface area contributed by atoms with Crippen molar-refractivity contribution >= 4 is 28.7 Å². The van der Waals surface area contributed by atoms with Gasteiger partial charge < -0.3 is 14.6 Å². The summed E-state index contributed by atoms with van der Waals surface area (Å²) < 4.78 is 20.6. The summed E-state index contributed by atoms with van der Waals surface area (Å²) in [4.78, 5) is 10.8. The minimum atomic E-state index is -0.543. The van der Waals surface area contributed by atoms with E-state index in [9.17, 15) is 4.39 Å². The monoisotopic (exact) mass is 346 g/mol. The predicted molar refractivity (Wildman–Crippen MR) is 91.9 cm³/mol. The van der Waals surface area contributed by atoms with E-state index >= 15 is 0 Å². The van der Waals surface area contributed by atoms with Crippen LogP contribution in [0.2, 0.25) is 5.02 Å². The third kappa shape index (κ3) is 2.52. The molecule has 1 aliphatic heterocycles. The van der Waals surface area contributed by atoms with Crippen LogP contribution in [0, 0.1) is 5.82 Å². The number of benzene rings is 1. The van der Waals surface area contributed by atoms with Crippen molar-refractivity contribution in [3.05, 3.63) is 41.3 Å². The fourth-order valence-electron chi connectivity index (χ4n) is 2.99. The summed E-state index contributed by atoms with van der Waals surface area (Å²) in [5, 5.41) is 3.33. The Morgan fingerprint density at radius 1 is 1.42 bits per heavy atom. The molecule has 5 nitrogen and oxygen atoms in total. The number of anilines is 1. The molecule has 0 amide bonds. The summed E-state index contributed by atoms with van der Waals surface area (Å²) in [5.74, 6) is -0.543. The number of nitrogens with zero attached hydrogens (tertiary/aromatic N) is 3. The molecule has 24 heavy (non-hydrogen) atoms. The van der Waals surface area contributed by atoms with E-state index in [4.69, 9.17) is 16.0 Å². The second kappa shape index (κ2) is 6.03. The minimum Gasteiger partial charge on any atom is -0.423 e. The number of hydrogen-bond donors (Lipinski definition) is 1. The molecule has 1 atom stereocenters. The molecule has 0 spiro atoms. The minimum absolute atomic E-state index is 0.0105. The molecule has 0 bridgehead atoms. The van der Waals surface area contributed by atoms with Crippen LogP contribution in [-0.2, 0) is 0 Å². The van der Waals surface area contributed by atoms with Crippen LogP contribution in [0.1, 0.15) is 6.92 Å². The summed E-state index contributed by atoms with van der Waals surface area (Å²) in [7, 11) is 0. The second-order valence-electron chi connectivity index (χ2n) is 5.85. The Morgan fingerprint density at radius 3 is 3.04 bits per heavy atom. The van der Waals surface area contributed by atoms with Gasteiger partial charge in [-0.3, -0.25) is 4.98 Å². The molecule has 1 N–H and O–H groups in total. The van der Waals surface area contributed by atoms with Crippen LogP contribution in [0.3, 0.4) is 0 Å².